The van der Waals surface area contributed by atoms with E-state index < -0.39 is 0 Å². The zero-order chi connectivity index (χ0) is 13.9. The smallest absolute Gasteiger partial charge is 0.122 e. The van der Waals surface area contributed by atoms with E-state index >= 15 is 0 Å². The monoisotopic (exact) mass is 283 g/mol. The highest BCUT2D eigenvalue weighted by atomic mass is 32.1. The first-order valence-corrected chi connectivity index (χ1v) is 7.25. The van der Waals surface area contributed by atoms with Crippen LogP contribution in [0.1, 0.15) is 35.7 Å². The molecule has 0 saturated carbocycles. The van der Waals surface area contributed by atoms with E-state index in [1.165, 1.54) is 24.0 Å². The fraction of sp³-hybridized carbons (Fsp3) is 0.250. The second-order valence-corrected chi connectivity index (χ2v) is 5.52. The van der Waals surface area contributed by atoms with Crippen molar-refractivity contribution in [3.8, 4) is 0 Å². The van der Waals surface area contributed by atoms with Crippen LogP contribution < -0.4 is 11.1 Å². The minimum Gasteiger partial charge on any atom is -0.388 e. The van der Waals surface area contributed by atoms with Crippen LogP contribution in [0.25, 0.3) is 0 Å². The second kappa shape index (κ2) is 5.59. The molecule has 1 aromatic heterocycles. The topological polar surface area (TPSA) is 50.9 Å². The number of aromatic nitrogens is 1. The summed E-state index contributed by atoms with van der Waals surface area (Å²) in [5, 5.41) is 3.58. The molecule has 1 heterocycles. The number of fused-ring (bicyclic) bond motifs is 1. The van der Waals surface area contributed by atoms with Crippen molar-refractivity contribution in [2.45, 2.75) is 25.3 Å². The maximum atomic E-state index is 5.63. The Morgan fingerprint density at radius 3 is 3.00 bits per heavy atom. The zero-order valence-corrected chi connectivity index (χ0v) is 12.0. The van der Waals surface area contributed by atoms with E-state index in [1.807, 2.05) is 12.1 Å². The molecule has 1 aromatic carbocycles. The van der Waals surface area contributed by atoms with E-state index in [1.54, 1.807) is 6.20 Å². The lowest BCUT2D eigenvalue weighted by atomic mass is 9.87. The normalized spacial score (nSPS) is 17.3. The van der Waals surface area contributed by atoms with Crippen LogP contribution in [-0.2, 0) is 6.42 Å². The van der Waals surface area contributed by atoms with Crippen molar-refractivity contribution in [1.29, 1.82) is 0 Å². The van der Waals surface area contributed by atoms with Crippen LogP contribution in [0.4, 0.5) is 5.69 Å². The van der Waals surface area contributed by atoms with Gasteiger partial charge in [0.15, 0.2) is 0 Å². The molecule has 0 spiro atoms. The number of nitrogens with two attached hydrogens (primary N) is 1. The van der Waals surface area contributed by atoms with Crippen molar-refractivity contribution in [2.24, 2.45) is 5.73 Å². The van der Waals surface area contributed by atoms with Gasteiger partial charge in [-0.2, -0.15) is 0 Å². The summed E-state index contributed by atoms with van der Waals surface area (Å²) in [6, 6.07) is 12.9. The van der Waals surface area contributed by atoms with Crippen LogP contribution in [0.15, 0.2) is 42.6 Å². The van der Waals surface area contributed by atoms with Gasteiger partial charge in [0.2, 0.25) is 0 Å². The average Bonchev–Trinajstić information content (AvgIpc) is 2.48. The second-order valence-electron chi connectivity index (χ2n) is 5.08. The van der Waals surface area contributed by atoms with Crippen molar-refractivity contribution in [1.82, 2.24) is 4.98 Å². The summed E-state index contributed by atoms with van der Waals surface area (Å²) < 4.78 is 0. The minimum absolute atomic E-state index is 0.331. The molecule has 102 valence electrons. The minimum atomic E-state index is 0.331. The molecule has 0 amide bonds. The van der Waals surface area contributed by atoms with Gasteiger partial charge in [0, 0.05) is 11.9 Å². The molecular formula is C16H17N3S. The molecule has 1 atom stereocenters. The molecule has 3 N–H and O–H groups in total. The molecule has 1 unspecified atom stereocenters. The van der Waals surface area contributed by atoms with Gasteiger partial charge in [-0.3, -0.25) is 4.98 Å². The van der Waals surface area contributed by atoms with Crippen molar-refractivity contribution >= 4 is 22.9 Å². The predicted octanol–water partition coefficient (Wildman–Crippen LogP) is 3.21. The molecule has 0 aliphatic heterocycles. The lowest BCUT2D eigenvalue weighted by molar-refractivity contribution is 0.600. The number of anilines is 1. The van der Waals surface area contributed by atoms with Crippen molar-refractivity contribution in [3.05, 3.63) is 59.4 Å². The van der Waals surface area contributed by atoms with Gasteiger partial charge in [-0.15, -0.1) is 0 Å². The van der Waals surface area contributed by atoms with Gasteiger partial charge in [-0.05, 0) is 42.5 Å². The highest BCUT2D eigenvalue weighted by molar-refractivity contribution is 7.80. The molecule has 3 rings (SSSR count). The lowest BCUT2D eigenvalue weighted by Crippen LogP contribution is -2.18. The Kier molecular flexibility index (Phi) is 3.65. The number of benzene rings is 1. The van der Waals surface area contributed by atoms with Gasteiger partial charge in [-0.25, -0.2) is 0 Å². The molecule has 20 heavy (non-hydrogen) atoms. The highest BCUT2D eigenvalue weighted by Gasteiger charge is 2.19. The molecule has 0 saturated heterocycles. The average molecular weight is 283 g/mol. The van der Waals surface area contributed by atoms with Crippen LogP contribution in [-0.4, -0.2) is 9.97 Å². The summed E-state index contributed by atoms with van der Waals surface area (Å²) in [5.74, 6) is 0. The van der Waals surface area contributed by atoms with Gasteiger partial charge in [0.1, 0.15) is 4.99 Å². The number of nitrogens with one attached hydrogen (secondary N) is 1. The molecule has 0 radical (unpaired) electrons. The van der Waals surface area contributed by atoms with Crippen LogP contribution in [0.3, 0.4) is 0 Å². The first-order valence-electron chi connectivity index (χ1n) is 6.84. The Labute approximate surface area is 124 Å². The van der Waals surface area contributed by atoms with E-state index in [0.29, 0.717) is 16.7 Å². The van der Waals surface area contributed by atoms with Crippen LogP contribution in [0.5, 0.6) is 0 Å². The molecule has 1 aliphatic carbocycles. The van der Waals surface area contributed by atoms with Gasteiger partial charge in [0.05, 0.1) is 11.7 Å². The van der Waals surface area contributed by atoms with Crippen molar-refractivity contribution < 1.29 is 0 Å². The van der Waals surface area contributed by atoms with Crippen LogP contribution in [0, 0.1) is 0 Å². The zero-order valence-electron chi connectivity index (χ0n) is 11.2. The Morgan fingerprint density at radius 2 is 2.15 bits per heavy atom. The predicted molar refractivity (Wildman–Crippen MR) is 85.9 cm³/mol. The summed E-state index contributed by atoms with van der Waals surface area (Å²) in [6.45, 7) is 0. The quantitative estimate of drug-likeness (QED) is 0.849. The van der Waals surface area contributed by atoms with E-state index in [9.17, 15) is 0 Å². The van der Waals surface area contributed by atoms with Gasteiger partial charge in [0.25, 0.3) is 0 Å². The third-order valence-electron chi connectivity index (χ3n) is 3.72. The maximum absolute atomic E-state index is 5.63. The standard InChI is InChI=1S/C16H17N3S/c17-16(20)15-10-12(8-9-18-15)19-14-7-3-5-11-4-1-2-6-13(11)14/h1-2,4,6,8-10,14H,3,5,7H2,(H2,17,20)(H,18,19). The Hall–Kier alpha value is -1.94. The Morgan fingerprint density at radius 1 is 1.30 bits per heavy atom. The number of rotatable bonds is 3. The Balaban J connectivity index is 1.85. The summed E-state index contributed by atoms with van der Waals surface area (Å²) in [7, 11) is 0. The lowest BCUT2D eigenvalue weighted by Gasteiger charge is -2.27. The number of thiocarbonyl (C=S) groups is 1. The van der Waals surface area contributed by atoms with Gasteiger partial charge < -0.3 is 11.1 Å². The first-order chi connectivity index (χ1) is 9.74. The number of nitrogens with zero attached hydrogens (tertiary/aromatic N) is 1. The van der Waals surface area contributed by atoms with Crippen molar-refractivity contribution in [3.63, 3.8) is 0 Å². The molecule has 0 bridgehead atoms. The first kappa shape index (κ1) is 13.1. The third-order valence-corrected chi connectivity index (χ3v) is 3.93. The van der Waals surface area contributed by atoms with Crippen molar-refractivity contribution in [2.75, 3.05) is 5.32 Å². The summed E-state index contributed by atoms with van der Waals surface area (Å²) in [4.78, 5) is 4.50. The molecule has 0 fully saturated rings. The van der Waals surface area contributed by atoms with Crippen LogP contribution >= 0.6 is 12.2 Å². The van der Waals surface area contributed by atoms with E-state index in [2.05, 4.69) is 34.6 Å². The molecule has 3 nitrogen and oxygen atoms in total. The maximum Gasteiger partial charge on any atom is 0.122 e. The number of hydrogen-bond acceptors (Lipinski definition) is 3. The fourth-order valence-corrected chi connectivity index (χ4v) is 2.87. The number of pyridine rings is 1. The molecule has 1 aliphatic rings. The number of hydrogen-bond donors (Lipinski definition) is 2. The summed E-state index contributed by atoms with van der Waals surface area (Å²) >= 11 is 4.98. The molecule has 2 aromatic rings. The molecule has 4 heteroatoms. The van der Waals surface area contributed by atoms with E-state index in [0.717, 1.165) is 12.1 Å². The van der Waals surface area contributed by atoms with E-state index in [-0.39, 0.29) is 0 Å². The Bertz CT molecular complexity index is 639. The van der Waals surface area contributed by atoms with E-state index in [4.69, 9.17) is 18.0 Å². The van der Waals surface area contributed by atoms with Gasteiger partial charge in [-0.1, -0.05) is 36.5 Å². The van der Waals surface area contributed by atoms with Gasteiger partial charge >= 0.3 is 0 Å². The largest absolute Gasteiger partial charge is 0.388 e. The summed E-state index contributed by atoms with van der Waals surface area (Å²) in [5.41, 5.74) is 10.2. The third kappa shape index (κ3) is 2.65. The highest BCUT2D eigenvalue weighted by Crippen LogP contribution is 2.32. The summed E-state index contributed by atoms with van der Waals surface area (Å²) in [6.07, 6.45) is 5.26. The van der Waals surface area contributed by atoms with Crippen LogP contribution in [0.2, 0.25) is 0 Å². The fourth-order valence-electron chi connectivity index (χ4n) is 2.76. The molecular weight excluding hydrogens is 266 g/mol. The SMILES string of the molecule is NC(=S)c1cc(NC2CCCc3ccccc32)ccn1. The number of aryl methyl sites for hydroxylation is 1.